The molecule has 26 heavy (non-hydrogen) atoms. The zero-order valence-corrected chi connectivity index (χ0v) is 17.8. The zero-order valence-electron chi connectivity index (χ0n) is 17.8. The average Bonchev–Trinajstić information content (AvgIpc) is 2.69. The molecule has 2 atom stereocenters. The quantitative estimate of drug-likeness (QED) is 0.238. The van der Waals surface area contributed by atoms with Crippen LogP contribution in [0.3, 0.4) is 0 Å². The van der Waals surface area contributed by atoms with Gasteiger partial charge in [-0.2, -0.15) is 5.26 Å². The van der Waals surface area contributed by atoms with Gasteiger partial charge in [-0.15, -0.1) is 0 Å². The van der Waals surface area contributed by atoms with Gasteiger partial charge in [0.2, 0.25) is 0 Å². The van der Waals surface area contributed by atoms with Crippen molar-refractivity contribution < 1.29 is 4.79 Å². The number of nitrogens with zero attached hydrogens (tertiary/aromatic N) is 1. The van der Waals surface area contributed by atoms with Gasteiger partial charge in [0.1, 0.15) is 11.7 Å². The molecule has 0 radical (unpaired) electrons. The highest BCUT2D eigenvalue weighted by atomic mass is 16.1. The predicted octanol–water partition coefficient (Wildman–Crippen LogP) is 7.47. The number of hydrogen-bond donors (Lipinski definition) is 0. The van der Waals surface area contributed by atoms with Crippen LogP contribution in [-0.4, -0.2) is 6.29 Å². The van der Waals surface area contributed by atoms with Gasteiger partial charge in [-0.3, -0.25) is 0 Å². The first-order valence-electron chi connectivity index (χ1n) is 11.5. The summed E-state index contributed by atoms with van der Waals surface area (Å²) in [6, 6.07) is 2.27. The van der Waals surface area contributed by atoms with Gasteiger partial charge >= 0.3 is 0 Å². The SMILES string of the molecule is CCCCCC1CCC(C(CCCC)CCCC(C#N)(C=O)CC)CC1. The van der Waals surface area contributed by atoms with Crippen LogP contribution in [-0.2, 0) is 4.79 Å². The van der Waals surface area contributed by atoms with E-state index in [1.54, 1.807) is 0 Å². The van der Waals surface area contributed by atoms with Crippen LogP contribution < -0.4 is 0 Å². The van der Waals surface area contributed by atoms with Crippen molar-refractivity contribution in [3.8, 4) is 6.07 Å². The van der Waals surface area contributed by atoms with Crippen molar-refractivity contribution in [2.75, 3.05) is 0 Å². The molecule has 150 valence electrons. The normalized spacial score (nSPS) is 23.8. The van der Waals surface area contributed by atoms with Crippen LogP contribution in [0.25, 0.3) is 0 Å². The Morgan fingerprint density at radius 3 is 2.19 bits per heavy atom. The third-order valence-corrected chi connectivity index (χ3v) is 6.98. The Hall–Kier alpha value is -0.840. The highest BCUT2D eigenvalue weighted by Crippen LogP contribution is 2.40. The molecule has 0 heterocycles. The minimum absolute atomic E-state index is 0.648. The van der Waals surface area contributed by atoms with Crippen molar-refractivity contribution in [2.24, 2.45) is 23.2 Å². The molecule has 0 aromatic rings. The molecule has 1 saturated carbocycles. The summed E-state index contributed by atoms with van der Waals surface area (Å²) in [5.41, 5.74) is -0.730. The monoisotopic (exact) mass is 361 g/mol. The Kier molecular flexibility index (Phi) is 11.9. The summed E-state index contributed by atoms with van der Waals surface area (Å²) in [4.78, 5) is 11.4. The Labute approximate surface area is 163 Å². The van der Waals surface area contributed by atoms with Gasteiger partial charge in [-0.1, -0.05) is 91.4 Å². The molecule has 2 nitrogen and oxygen atoms in total. The highest BCUT2D eigenvalue weighted by Gasteiger charge is 2.30. The lowest BCUT2D eigenvalue weighted by Crippen LogP contribution is -2.24. The van der Waals surface area contributed by atoms with Crippen molar-refractivity contribution >= 4 is 6.29 Å². The van der Waals surface area contributed by atoms with Crippen molar-refractivity contribution in [1.82, 2.24) is 0 Å². The van der Waals surface area contributed by atoms with E-state index in [0.717, 1.165) is 36.9 Å². The van der Waals surface area contributed by atoms with Gasteiger partial charge in [0.25, 0.3) is 0 Å². The molecule has 0 spiro atoms. The molecule has 0 aliphatic heterocycles. The molecule has 1 rings (SSSR count). The lowest BCUT2D eigenvalue weighted by Gasteiger charge is -2.34. The van der Waals surface area contributed by atoms with Crippen LogP contribution in [0.4, 0.5) is 0 Å². The van der Waals surface area contributed by atoms with Gasteiger partial charge in [-0.25, -0.2) is 0 Å². The average molecular weight is 362 g/mol. The fourth-order valence-electron chi connectivity index (χ4n) is 4.87. The minimum atomic E-state index is -0.730. The highest BCUT2D eigenvalue weighted by molar-refractivity contribution is 5.63. The number of rotatable bonds is 14. The van der Waals surface area contributed by atoms with Crippen LogP contribution in [0.2, 0.25) is 0 Å². The summed E-state index contributed by atoms with van der Waals surface area (Å²) >= 11 is 0. The maximum Gasteiger partial charge on any atom is 0.140 e. The first-order chi connectivity index (χ1) is 12.6. The van der Waals surface area contributed by atoms with Gasteiger partial charge in [-0.05, 0) is 43.4 Å². The van der Waals surface area contributed by atoms with E-state index in [2.05, 4.69) is 19.9 Å². The lowest BCUT2D eigenvalue weighted by molar-refractivity contribution is -0.114. The van der Waals surface area contributed by atoms with Crippen LogP contribution in [0.15, 0.2) is 0 Å². The van der Waals surface area contributed by atoms with Gasteiger partial charge in [0, 0.05) is 0 Å². The third-order valence-electron chi connectivity index (χ3n) is 6.98. The van der Waals surface area contributed by atoms with E-state index in [1.807, 2.05) is 6.92 Å². The van der Waals surface area contributed by atoms with E-state index < -0.39 is 5.41 Å². The molecule has 2 unspecified atom stereocenters. The van der Waals surface area contributed by atoms with E-state index in [1.165, 1.54) is 77.0 Å². The Bertz CT molecular complexity index is 405. The fourth-order valence-corrected chi connectivity index (χ4v) is 4.87. The minimum Gasteiger partial charge on any atom is -0.302 e. The van der Waals surface area contributed by atoms with Crippen LogP contribution in [0.5, 0.6) is 0 Å². The topological polar surface area (TPSA) is 40.9 Å². The Balaban J connectivity index is 2.46. The van der Waals surface area contributed by atoms with Crippen molar-refractivity contribution in [1.29, 1.82) is 5.26 Å². The second-order valence-corrected chi connectivity index (χ2v) is 8.81. The molecule has 1 aliphatic carbocycles. The molecule has 0 amide bonds. The van der Waals surface area contributed by atoms with Gasteiger partial charge in [0.05, 0.1) is 6.07 Å². The summed E-state index contributed by atoms with van der Waals surface area (Å²) in [5, 5.41) is 9.37. The number of carbonyl (C=O) groups is 1. The van der Waals surface area contributed by atoms with Crippen molar-refractivity contribution in [3.63, 3.8) is 0 Å². The summed E-state index contributed by atoms with van der Waals surface area (Å²) in [6.07, 6.45) is 19.8. The summed E-state index contributed by atoms with van der Waals surface area (Å²) in [5.74, 6) is 2.68. The van der Waals surface area contributed by atoms with Crippen LogP contribution in [0.1, 0.15) is 117 Å². The van der Waals surface area contributed by atoms with E-state index >= 15 is 0 Å². The molecule has 1 aliphatic rings. The van der Waals surface area contributed by atoms with Gasteiger partial charge < -0.3 is 4.79 Å². The van der Waals surface area contributed by atoms with Gasteiger partial charge in [0.15, 0.2) is 0 Å². The maximum absolute atomic E-state index is 11.4. The first kappa shape index (κ1) is 23.2. The zero-order chi connectivity index (χ0) is 19.3. The number of aldehydes is 1. The van der Waals surface area contributed by atoms with Crippen molar-refractivity contribution in [3.05, 3.63) is 0 Å². The first-order valence-corrected chi connectivity index (χ1v) is 11.5. The Morgan fingerprint density at radius 2 is 1.65 bits per heavy atom. The Morgan fingerprint density at radius 1 is 1.00 bits per heavy atom. The second kappa shape index (κ2) is 13.3. The molecule has 0 N–H and O–H groups in total. The van der Waals surface area contributed by atoms with E-state index in [9.17, 15) is 10.1 Å². The predicted molar refractivity (Wildman–Crippen MR) is 111 cm³/mol. The molecular formula is C24H43NO. The molecule has 0 bridgehead atoms. The largest absolute Gasteiger partial charge is 0.302 e. The van der Waals surface area contributed by atoms with E-state index in [4.69, 9.17) is 0 Å². The van der Waals surface area contributed by atoms with Crippen LogP contribution >= 0.6 is 0 Å². The second-order valence-electron chi connectivity index (χ2n) is 8.81. The number of carbonyl (C=O) groups excluding carboxylic acids is 1. The number of hydrogen-bond acceptors (Lipinski definition) is 2. The van der Waals surface area contributed by atoms with Crippen LogP contribution in [0, 0.1) is 34.5 Å². The summed E-state index contributed by atoms with van der Waals surface area (Å²) in [7, 11) is 0. The van der Waals surface area contributed by atoms with Crippen molar-refractivity contribution in [2.45, 2.75) is 117 Å². The third kappa shape index (κ3) is 7.81. The number of unbranched alkanes of at least 4 members (excludes halogenated alkanes) is 3. The maximum atomic E-state index is 11.4. The molecular weight excluding hydrogens is 318 g/mol. The fraction of sp³-hybridized carbons (Fsp3) is 0.917. The molecule has 0 saturated heterocycles. The standard InChI is InChI=1S/C24H43NO/c1-4-7-9-11-21-14-16-23(17-15-21)22(12-8-5-2)13-10-18-24(6-3,19-25)20-26/h20-23H,4-18H2,1-3H3. The smallest absolute Gasteiger partial charge is 0.140 e. The summed E-state index contributed by atoms with van der Waals surface area (Å²) < 4.78 is 0. The molecule has 0 aromatic carbocycles. The molecule has 0 aromatic heterocycles. The molecule has 1 fully saturated rings. The summed E-state index contributed by atoms with van der Waals surface area (Å²) in [6.45, 7) is 6.54. The van der Waals surface area contributed by atoms with E-state index in [0.29, 0.717) is 6.42 Å². The number of nitriles is 1. The van der Waals surface area contributed by atoms with E-state index in [-0.39, 0.29) is 0 Å². The lowest BCUT2D eigenvalue weighted by atomic mass is 9.71. The molecule has 2 heteroatoms.